The Balaban J connectivity index is 1.97. The SMILES string of the molecule is Cn1nccc1-c1csc(C2(N)CCC2)n1. The van der Waals surface area contributed by atoms with Crippen molar-refractivity contribution < 1.29 is 0 Å². The minimum atomic E-state index is -0.151. The standard InChI is InChI=1S/C11H14N4S/c1-15-9(3-6-13-15)8-7-16-10(14-8)11(12)4-2-5-11/h3,6-7H,2,4-5,12H2,1H3. The molecule has 1 fully saturated rings. The van der Waals surface area contributed by atoms with Gasteiger partial charge in [-0.1, -0.05) is 0 Å². The Kier molecular flexibility index (Phi) is 2.12. The van der Waals surface area contributed by atoms with Gasteiger partial charge >= 0.3 is 0 Å². The summed E-state index contributed by atoms with van der Waals surface area (Å²) in [6, 6.07) is 1.97. The summed E-state index contributed by atoms with van der Waals surface area (Å²) in [6.07, 6.45) is 5.13. The molecular weight excluding hydrogens is 220 g/mol. The van der Waals surface area contributed by atoms with E-state index in [-0.39, 0.29) is 5.54 Å². The average molecular weight is 234 g/mol. The zero-order valence-corrected chi connectivity index (χ0v) is 10.00. The predicted octanol–water partition coefficient (Wildman–Crippen LogP) is 1.88. The van der Waals surface area contributed by atoms with Gasteiger partial charge in [-0.2, -0.15) is 5.10 Å². The molecule has 5 heteroatoms. The van der Waals surface area contributed by atoms with Crippen LogP contribution in [-0.4, -0.2) is 14.8 Å². The molecule has 84 valence electrons. The number of nitrogens with zero attached hydrogens (tertiary/aromatic N) is 3. The molecule has 0 aromatic carbocycles. The van der Waals surface area contributed by atoms with E-state index >= 15 is 0 Å². The van der Waals surface area contributed by atoms with E-state index in [2.05, 4.69) is 15.5 Å². The van der Waals surface area contributed by atoms with Crippen LogP contribution in [0.25, 0.3) is 11.4 Å². The van der Waals surface area contributed by atoms with Crippen LogP contribution >= 0.6 is 11.3 Å². The van der Waals surface area contributed by atoms with Crippen molar-refractivity contribution in [1.82, 2.24) is 14.8 Å². The lowest BCUT2D eigenvalue weighted by atomic mass is 9.78. The Bertz CT molecular complexity index is 510. The number of hydrogen-bond acceptors (Lipinski definition) is 4. The van der Waals surface area contributed by atoms with Crippen LogP contribution in [0, 0.1) is 0 Å². The third-order valence-electron chi connectivity index (χ3n) is 3.26. The Labute approximate surface area is 98.1 Å². The molecule has 16 heavy (non-hydrogen) atoms. The maximum atomic E-state index is 6.25. The fourth-order valence-electron chi connectivity index (χ4n) is 2.02. The maximum absolute atomic E-state index is 6.25. The molecule has 3 rings (SSSR count). The molecular formula is C11H14N4S. The van der Waals surface area contributed by atoms with E-state index in [0.29, 0.717) is 0 Å². The zero-order valence-electron chi connectivity index (χ0n) is 9.18. The second-order valence-electron chi connectivity index (χ2n) is 4.39. The Morgan fingerprint density at radius 1 is 1.50 bits per heavy atom. The van der Waals surface area contributed by atoms with Crippen molar-refractivity contribution >= 4 is 11.3 Å². The lowest BCUT2D eigenvalue weighted by Crippen LogP contribution is -2.43. The minimum absolute atomic E-state index is 0.151. The fraction of sp³-hybridized carbons (Fsp3) is 0.455. The van der Waals surface area contributed by atoms with Gasteiger partial charge in [0.2, 0.25) is 0 Å². The summed E-state index contributed by atoms with van der Waals surface area (Å²) >= 11 is 1.66. The normalized spacial score (nSPS) is 18.4. The molecule has 0 atom stereocenters. The van der Waals surface area contributed by atoms with Crippen LogP contribution in [0.15, 0.2) is 17.6 Å². The zero-order chi connectivity index (χ0) is 11.2. The van der Waals surface area contributed by atoms with E-state index in [1.165, 1.54) is 6.42 Å². The van der Waals surface area contributed by atoms with E-state index < -0.39 is 0 Å². The average Bonchev–Trinajstić information content (AvgIpc) is 2.82. The third kappa shape index (κ3) is 1.39. The van der Waals surface area contributed by atoms with Gasteiger partial charge in [0.15, 0.2) is 0 Å². The summed E-state index contributed by atoms with van der Waals surface area (Å²) in [5, 5.41) is 7.28. The van der Waals surface area contributed by atoms with Crippen LogP contribution in [0.4, 0.5) is 0 Å². The lowest BCUT2D eigenvalue weighted by molar-refractivity contribution is 0.253. The number of rotatable bonds is 2. The lowest BCUT2D eigenvalue weighted by Gasteiger charge is -2.35. The minimum Gasteiger partial charge on any atom is -0.319 e. The molecule has 4 nitrogen and oxygen atoms in total. The monoisotopic (exact) mass is 234 g/mol. The highest BCUT2D eigenvalue weighted by Crippen LogP contribution is 2.40. The van der Waals surface area contributed by atoms with Crippen molar-refractivity contribution in [3.63, 3.8) is 0 Å². The molecule has 0 spiro atoms. The van der Waals surface area contributed by atoms with E-state index in [1.807, 2.05) is 17.8 Å². The number of thiazole rings is 1. The highest BCUT2D eigenvalue weighted by Gasteiger charge is 2.37. The second-order valence-corrected chi connectivity index (χ2v) is 5.25. The van der Waals surface area contributed by atoms with Gasteiger partial charge in [0, 0.05) is 18.6 Å². The van der Waals surface area contributed by atoms with Crippen LogP contribution in [0.5, 0.6) is 0 Å². The highest BCUT2D eigenvalue weighted by atomic mass is 32.1. The van der Waals surface area contributed by atoms with Gasteiger partial charge in [-0.25, -0.2) is 4.98 Å². The van der Waals surface area contributed by atoms with E-state index in [1.54, 1.807) is 17.5 Å². The molecule has 0 radical (unpaired) electrons. The first-order valence-corrected chi connectivity index (χ1v) is 6.30. The van der Waals surface area contributed by atoms with Crippen LogP contribution in [-0.2, 0) is 12.6 Å². The van der Waals surface area contributed by atoms with E-state index in [4.69, 9.17) is 5.73 Å². The number of nitrogens with two attached hydrogens (primary N) is 1. The first kappa shape index (κ1) is 9.99. The van der Waals surface area contributed by atoms with Crippen LogP contribution in [0.3, 0.4) is 0 Å². The van der Waals surface area contributed by atoms with Crippen molar-refractivity contribution in [2.75, 3.05) is 0 Å². The largest absolute Gasteiger partial charge is 0.319 e. The van der Waals surface area contributed by atoms with Crippen molar-refractivity contribution in [2.24, 2.45) is 12.8 Å². The molecule has 1 aliphatic rings. The van der Waals surface area contributed by atoms with Gasteiger partial charge in [0.1, 0.15) is 5.01 Å². The quantitative estimate of drug-likeness (QED) is 0.863. The molecule has 0 amide bonds. The van der Waals surface area contributed by atoms with Gasteiger partial charge < -0.3 is 5.73 Å². The van der Waals surface area contributed by atoms with Gasteiger partial charge in [-0.3, -0.25) is 4.68 Å². The Morgan fingerprint density at radius 2 is 2.31 bits per heavy atom. The molecule has 0 bridgehead atoms. The second kappa shape index (κ2) is 3.40. The van der Waals surface area contributed by atoms with Crippen molar-refractivity contribution in [1.29, 1.82) is 0 Å². The van der Waals surface area contributed by atoms with Crippen LogP contribution in [0.2, 0.25) is 0 Å². The summed E-state index contributed by atoms with van der Waals surface area (Å²) in [7, 11) is 1.93. The maximum Gasteiger partial charge on any atom is 0.113 e. The Hall–Kier alpha value is -1.20. The van der Waals surface area contributed by atoms with Gasteiger partial charge in [-0.05, 0) is 25.3 Å². The van der Waals surface area contributed by atoms with Crippen LogP contribution in [0.1, 0.15) is 24.3 Å². The molecule has 0 aliphatic heterocycles. The van der Waals surface area contributed by atoms with Gasteiger partial charge in [0.25, 0.3) is 0 Å². The predicted molar refractivity (Wildman–Crippen MR) is 64.0 cm³/mol. The topological polar surface area (TPSA) is 56.7 Å². The van der Waals surface area contributed by atoms with Gasteiger partial charge in [-0.15, -0.1) is 11.3 Å². The summed E-state index contributed by atoms with van der Waals surface area (Å²) in [5.74, 6) is 0. The smallest absolute Gasteiger partial charge is 0.113 e. The molecule has 0 unspecified atom stereocenters. The number of aryl methyl sites for hydroxylation is 1. The van der Waals surface area contributed by atoms with Crippen LogP contribution < -0.4 is 5.73 Å². The first-order valence-electron chi connectivity index (χ1n) is 5.42. The Morgan fingerprint density at radius 3 is 2.88 bits per heavy atom. The first-order chi connectivity index (χ1) is 7.69. The van der Waals surface area contributed by atoms with E-state index in [0.717, 1.165) is 29.2 Å². The molecule has 2 heterocycles. The number of hydrogen-bond donors (Lipinski definition) is 1. The summed E-state index contributed by atoms with van der Waals surface area (Å²) in [4.78, 5) is 4.64. The molecule has 2 aromatic heterocycles. The van der Waals surface area contributed by atoms with E-state index in [9.17, 15) is 0 Å². The number of aromatic nitrogens is 3. The summed E-state index contributed by atoms with van der Waals surface area (Å²) in [5.41, 5.74) is 8.13. The van der Waals surface area contributed by atoms with Gasteiger partial charge in [0.05, 0.1) is 16.9 Å². The van der Waals surface area contributed by atoms with Crippen molar-refractivity contribution in [2.45, 2.75) is 24.8 Å². The highest BCUT2D eigenvalue weighted by molar-refractivity contribution is 7.10. The fourth-order valence-corrected chi connectivity index (χ4v) is 3.00. The molecule has 0 saturated heterocycles. The molecule has 2 N–H and O–H groups in total. The molecule has 1 saturated carbocycles. The summed E-state index contributed by atoms with van der Waals surface area (Å²) < 4.78 is 1.84. The third-order valence-corrected chi connectivity index (χ3v) is 4.32. The molecule has 2 aromatic rings. The van der Waals surface area contributed by atoms with Crippen molar-refractivity contribution in [3.05, 3.63) is 22.7 Å². The summed E-state index contributed by atoms with van der Waals surface area (Å²) in [6.45, 7) is 0. The van der Waals surface area contributed by atoms with Crippen molar-refractivity contribution in [3.8, 4) is 11.4 Å². The molecule has 1 aliphatic carbocycles.